The molecule has 0 bridgehead atoms. The molecule has 0 amide bonds. The lowest BCUT2D eigenvalue weighted by molar-refractivity contribution is 0.416. The summed E-state index contributed by atoms with van der Waals surface area (Å²) in [7, 11) is 1.61. The highest BCUT2D eigenvalue weighted by molar-refractivity contribution is 6.30. The molecule has 2 aromatic carbocycles. The standard InChI is InChI=1S/C17H14ClN4O/c1-23-15-5-3-2-4-14(15)21-16-10-11-19-17(22-16)20-13-8-6-12(18)7-9-13/h2-3,5-11H,1H3,(H2,19,20,21,22). The highest BCUT2D eigenvalue weighted by atomic mass is 35.5. The van der Waals surface area contributed by atoms with E-state index in [0.717, 1.165) is 5.69 Å². The smallest absolute Gasteiger partial charge is 0.229 e. The highest BCUT2D eigenvalue weighted by Crippen LogP contribution is 2.26. The Balaban J connectivity index is 1.78. The van der Waals surface area contributed by atoms with Gasteiger partial charge in [0.15, 0.2) is 0 Å². The van der Waals surface area contributed by atoms with Crippen LogP contribution in [0, 0.1) is 6.07 Å². The first-order valence-corrected chi connectivity index (χ1v) is 7.30. The summed E-state index contributed by atoms with van der Waals surface area (Å²) in [6, 6.07) is 17.7. The average molecular weight is 326 g/mol. The maximum absolute atomic E-state index is 5.87. The number of ether oxygens (including phenoxy) is 1. The van der Waals surface area contributed by atoms with Gasteiger partial charge in [-0.15, -0.1) is 0 Å². The van der Waals surface area contributed by atoms with Crippen LogP contribution in [0.4, 0.5) is 23.1 Å². The molecular weight excluding hydrogens is 312 g/mol. The summed E-state index contributed by atoms with van der Waals surface area (Å²) in [4.78, 5) is 8.62. The summed E-state index contributed by atoms with van der Waals surface area (Å²) >= 11 is 5.87. The van der Waals surface area contributed by atoms with Gasteiger partial charge in [0.1, 0.15) is 11.6 Å². The summed E-state index contributed by atoms with van der Waals surface area (Å²) in [5.74, 6) is 1.81. The van der Waals surface area contributed by atoms with Crippen LogP contribution in [0.25, 0.3) is 0 Å². The molecule has 115 valence electrons. The molecule has 0 aliphatic rings. The number of hydrogen-bond donors (Lipinski definition) is 2. The van der Waals surface area contributed by atoms with Crippen LogP contribution >= 0.6 is 11.6 Å². The summed E-state index contributed by atoms with van der Waals surface area (Å²) < 4.78 is 5.29. The van der Waals surface area contributed by atoms with Gasteiger partial charge in [-0.3, -0.25) is 0 Å². The van der Waals surface area contributed by atoms with Crippen LogP contribution in [-0.2, 0) is 0 Å². The van der Waals surface area contributed by atoms with E-state index in [-0.39, 0.29) is 0 Å². The zero-order chi connectivity index (χ0) is 16.1. The van der Waals surface area contributed by atoms with Gasteiger partial charge in [-0.2, -0.15) is 4.98 Å². The molecule has 2 N–H and O–H groups in total. The van der Waals surface area contributed by atoms with Crippen molar-refractivity contribution in [2.75, 3.05) is 17.7 Å². The Labute approximate surface area is 139 Å². The molecule has 0 saturated carbocycles. The van der Waals surface area contributed by atoms with E-state index >= 15 is 0 Å². The van der Waals surface area contributed by atoms with Crippen molar-refractivity contribution in [3.05, 3.63) is 65.8 Å². The number of para-hydroxylation sites is 1. The Morgan fingerprint density at radius 1 is 1.09 bits per heavy atom. The number of nitrogens with zero attached hydrogens (tertiary/aromatic N) is 2. The fourth-order valence-corrected chi connectivity index (χ4v) is 2.09. The molecule has 0 aliphatic heterocycles. The number of rotatable bonds is 5. The average Bonchev–Trinajstić information content (AvgIpc) is 2.58. The summed E-state index contributed by atoms with van der Waals surface area (Å²) in [5, 5.41) is 6.97. The number of benzene rings is 2. The van der Waals surface area contributed by atoms with Gasteiger partial charge in [0, 0.05) is 23.0 Å². The molecule has 6 heteroatoms. The largest absolute Gasteiger partial charge is 0.495 e. The third kappa shape index (κ3) is 3.90. The number of anilines is 4. The lowest BCUT2D eigenvalue weighted by atomic mass is 10.3. The van der Waals surface area contributed by atoms with Gasteiger partial charge in [0.2, 0.25) is 5.95 Å². The van der Waals surface area contributed by atoms with Gasteiger partial charge >= 0.3 is 0 Å². The van der Waals surface area contributed by atoms with Crippen molar-refractivity contribution < 1.29 is 4.74 Å². The van der Waals surface area contributed by atoms with Gasteiger partial charge in [0.25, 0.3) is 0 Å². The molecule has 0 saturated heterocycles. The zero-order valence-corrected chi connectivity index (χ0v) is 13.1. The minimum Gasteiger partial charge on any atom is -0.495 e. The van der Waals surface area contributed by atoms with Gasteiger partial charge in [-0.1, -0.05) is 23.7 Å². The second kappa shape index (κ2) is 6.98. The van der Waals surface area contributed by atoms with Crippen molar-refractivity contribution in [3.8, 4) is 5.75 Å². The molecule has 5 nitrogen and oxygen atoms in total. The third-order valence-electron chi connectivity index (χ3n) is 3.05. The Kier molecular flexibility index (Phi) is 4.59. The first-order valence-electron chi connectivity index (χ1n) is 6.92. The molecule has 1 aromatic heterocycles. The van der Waals surface area contributed by atoms with Gasteiger partial charge < -0.3 is 15.4 Å². The van der Waals surface area contributed by atoms with Crippen LogP contribution in [0.5, 0.6) is 5.75 Å². The van der Waals surface area contributed by atoms with E-state index in [1.54, 1.807) is 37.6 Å². The minimum absolute atomic E-state index is 0.479. The lowest BCUT2D eigenvalue weighted by Crippen LogP contribution is -2.01. The van der Waals surface area contributed by atoms with Crippen molar-refractivity contribution in [2.45, 2.75) is 0 Å². The van der Waals surface area contributed by atoms with Crippen molar-refractivity contribution in [2.24, 2.45) is 0 Å². The summed E-state index contributed by atoms with van der Waals surface area (Å²) in [6.07, 6.45) is 1.67. The van der Waals surface area contributed by atoms with Crippen LogP contribution in [0.3, 0.4) is 0 Å². The lowest BCUT2D eigenvalue weighted by Gasteiger charge is -2.11. The van der Waals surface area contributed by atoms with Crippen LogP contribution < -0.4 is 15.4 Å². The summed E-state index contributed by atoms with van der Waals surface area (Å²) in [6.45, 7) is 0. The molecule has 1 heterocycles. The van der Waals surface area contributed by atoms with Crippen molar-refractivity contribution >= 4 is 34.7 Å². The first kappa shape index (κ1) is 15.1. The Morgan fingerprint density at radius 2 is 1.91 bits per heavy atom. The number of nitrogens with one attached hydrogen (secondary N) is 2. The van der Waals surface area contributed by atoms with E-state index in [1.165, 1.54) is 0 Å². The molecule has 0 fully saturated rings. The molecule has 0 spiro atoms. The zero-order valence-electron chi connectivity index (χ0n) is 12.4. The van der Waals surface area contributed by atoms with Crippen molar-refractivity contribution in [1.82, 2.24) is 9.97 Å². The topological polar surface area (TPSA) is 59.1 Å². The van der Waals surface area contributed by atoms with Crippen molar-refractivity contribution in [3.63, 3.8) is 0 Å². The Hall–Kier alpha value is -2.79. The molecule has 0 atom stereocenters. The fourth-order valence-electron chi connectivity index (χ4n) is 1.97. The van der Waals surface area contributed by atoms with E-state index in [0.29, 0.717) is 28.2 Å². The van der Waals surface area contributed by atoms with Crippen LogP contribution in [-0.4, -0.2) is 17.1 Å². The van der Waals surface area contributed by atoms with E-state index < -0.39 is 0 Å². The van der Waals surface area contributed by atoms with Gasteiger partial charge in [-0.05, 0) is 36.4 Å². The van der Waals surface area contributed by atoms with E-state index in [9.17, 15) is 0 Å². The van der Waals surface area contributed by atoms with E-state index in [2.05, 4.69) is 26.7 Å². The van der Waals surface area contributed by atoms with Crippen molar-refractivity contribution in [1.29, 1.82) is 0 Å². The Morgan fingerprint density at radius 3 is 2.70 bits per heavy atom. The number of hydrogen-bond acceptors (Lipinski definition) is 5. The maximum Gasteiger partial charge on any atom is 0.229 e. The SMILES string of the molecule is COc1ccc[c]c1Nc1ccnc(Nc2ccc(Cl)cc2)n1. The number of aromatic nitrogens is 2. The molecule has 3 aromatic rings. The molecule has 0 unspecified atom stereocenters. The maximum atomic E-state index is 5.87. The quantitative estimate of drug-likeness (QED) is 0.727. The Bertz CT molecular complexity index is 793. The number of methoxy groups -OCH3 is 1. The van der Waals surface area contributed by atoms with Crippen LogP contribution in [0.1, 0.15) is 0 Å². The predicted octanol–water partition coefficient (Wildman–Crippen LogP) is 4.43. The predicted molar refractivity (Wildman–Crippen MR) is 91.9 cm³/mol. The molecule has 0 aliphatic carbocycles. The minimum atomic E-state index is 0.479. The molecule has 3 rings (SSSR count). The molecule has 23 heavy (non-hydrogen) atoms. The van der Waals surface area contributed by atoms with Gasteiger partial charge in [0.05, 0.1) is 12.8 Å². The third-order valence-corrected chi connectivity index (χ3v) is 3.30. The highest BCUT2D eigenvalue weighted by Gasteiger charge is 2.05. The summed E-state index contributed by atoms with van der Waals surface area (Å²) in [5.41, 5.74) is 1.57. The van der Waals surface area contributed by atoms with Crippen LogP contribution in [0.2, 0.25) is 5.02 Å². The van der Waals surface area contributed by atoms with E-state index in [1.807, 2.05) is 24.3 Å². The molecule has 1 radical (unpaired) electrons. The second-order valence-corrected chi connectivity index (χ2v) is 5.07. The second-order valence-electron chi connectivity index (χ2n) is 4.64. The van der Waals surface area contributed by atoms with Crippen LogP contribution in [0.15, 0.2) is 54.7 Å². The number of halogens is 1. The van der Waals surface area contributed by atoms with Gasteiger partial charge in [-0.25, -0.2) is 4.98 Å². The molecular formula is C17H14ClN4O. The van der Waals surface area contributed by atoms with E-state index in [4.69, 9.17) is 16.3 Å². The first-order chi connectivity index (χ1) is 11.2. The fraction of sp³-hybridized carbons (Fsp3) is 0.0588. The monoisotopic (exact) mass is 325 g/mol. The normalized spacial score (nSPS) is 10.2.